The first-order valence-corrected chi connectivity index (χ1v) is 5.37. The number of hydrogen-bond acceptors (Lipinski definition) is 3. The van der Waals surface area contributed by atoms with Crippen LogP contribution in [0.25, 0.3) is 10.9 Å². The molecule has 1 aliphatic rings. The van der Waals surface area contributed by atoms with E-state index in [1.807, 2.05) is 19.2 Å². The van der Waals surface area contributed by atoms with Crippen molar-refractivity contribution in [3.8, 4) is 11.5 Å². The number of ether oxygens (including phenoxy) is 2. The third kappa shape index (κ3) is 1.27. The Balaban J connectivity index is 2.28. The monoisotopic (exact) mass is 218 g/mol. The summed E-state index contributed by atoms with van der Waals surface area (Å²) in [5, 5.41) is 1.15. The third-order valence-electron chi connectivity index (χ3n) is 2.96. The summed E-state index contributed by atoms with van der Waals surface area (Å²) in [6.45, 7) is 1.77. The summed E-state index contributed by atoms with van der Waals surface area (Å²) in [6.07, 6.45) is 2.05. The molecule has 16 heavy (non-hydrogen) atoms. The highest BCUT2D eigenvalue weighted by atomic mass is 16.6. The Labute approximate surface area is 93.6 Å². The number of hydrogen-bond donors (Lipinski definition) is 1. The zero-order valence-corrected chi connectivity index (χ0v) is 9.19. The van der Waals surface area contributed by atoms with E-state index >= 15 is 0 Å². The van der Waals surface area contributed by atoms with Gasteiger partial charge in [-0.05, 0) is 11.6 Å². The second-order valence-electron chi connectivity index (χ2n) is 3.98. The molecule has 2 N–H and O–H groups in total. The Morgan fingerprint density at radius 3 is 2.62 bits per heavy atom. The first kappa shape index (κ1) is 9.54. The van der Waals surface area contributed by atoms with Gasteiger partial charge in [0.2, 0.25) is 0 Å². The highest BCUT2D eigenvalue weighted by molar-refractivity contribution is 5.87. The van der Waals surface area contributed by atoms with Gasteiger partial charge in [0, 0.05) is 31.2 Å². The number of benzene rings is 1. The second-order valence-corrected chi connectivity index (χ2v) is 3.98. The lowest BCUT2D eigenvalue weighted by atomic mass is 10.1. The predicted molar refractivity (Wildman–Crippen MR) is 61.8 cm³/mol. The number of nitrogens with two attached hydrogens (primary N) is 1. The second kappa shape index (κ2) is 3.42. The fraction of sp³-hybridized carbons (Fsp3) is 0.333. The van der Waals surface area contributed by atoms with Crippen molar-refractivity contribution in [3.63, 3.8) is 0 Å². The summed E-state index contributed by atoms with van der Waals surface area (Å²) < 4.78 is 13.2. The van der Waals surface area contributed by atoms with Crippen LogP contribution in [0.15, 0.2) is 18.3 Å². The van der Waals surface area contributed by atoms with E-state index in [9.17, 15) is 0 Å². The van der Waals surface area contributed by atoms with Gasteiger partial charge in [0.1, 0.15) is 13.2 Å². The fourth-order valence-electron chi connectivity index (χ4n) is 2.16. The molecule has 0 saturated carbocycles. The maximum Gasteiger partial charge on any atom is 0.163 e. The Hall–Kier alpha value is -1.68. The molecule has 0 spiro atoms. The normalized spacial score (nSPS) is 14.4. The molecule has 0 aliphatic carbocycles. The van der Waals surface area contributed by atoms with Crippen LogP contribution in [0.1, 0.15) is 5.56 Å². The molecule has 4 nitrogen and oxygen atoms in total. The molecule has 1 aromatic carbocycles. The van der Waals surface area contributed by atoms with Gasteiger partial charge in [-0.3, -0.25) is 0 Å². The first-order chi connectivity index (χ1) is 7.79. The zero-order chi connectivity index (χ0) is 11.1. The van der Waals surface area contributed by atoms with Gasteiger partial charge in [-0.15, -0.1) is 0 Å². The van der Waals surface area contributed by atoms with Crippen LogP contribution in [0.3, 0.4) is 0 Å². The number of nitrogens with zero attached hydrogens (tertiary/aromatic N) is 1. The van der Waals surface area contributed by atoms with E-state index in [1.54, 1.807) is 0 Å². The predicted octanol–water partition coefficient (Wildman–Crippen LogP) is 1.41. The molecular weight excluding hydrogens is 204 g/mol. The number of fused-ring (bicyclic) bond motifs is 2. The minimum absolute atomic E-state index is 0.539. The average Bonchev–Trinajstić information content (AvgIpc) is 2.63. The Morgan fingerprint density at radius 1 is 1.25 bits per heavy atom. The molecule has 1 aliphatic heterocycles. The average molecular weight is 218 g/mol. The molecule has 0 amide bonds. The van der Waals surface area contributed by atoms with Crippen molar-refractivity contribution in [2.24, 2.45) is 12.8 Å². The lowest BCUT2D eigenvalue weighted by Gasteiger charge is -2.18. The van der Waals surface area contributed by atoms with Crippen LogP contribution in [0.2, 0.25) is 0 Å². The molecule has 3 rings (SSSR count). The van der Waals surface area contributed by atoms with Gasteiger partial charge in [0.25, 0.3) is 0 Å². The van der Waals surface area contributed by atoms with E-state index in [-0.39, 0.29) is 0 Å². The molecule has 2 aromatic rings. The van der Waals surface area contributed by atoms with Crippen LogP contribution in [0.4, 0.5) is 0 Å². The van der Waals surface area contributed by atoms with E-state index in [0.29, 0.717) is 19.8 Å². The van der Waals surface area contributed by atoms with E-state index in [1.165, 1.54) is 0 Å². The van der Waals surface area contributed by atoms with Crippen LogP contribution in [-0.2, 0) is 13.6 Å². The van der Waals surface area contributed by atoms with Crippen molar-refractivity contribution >= 4 is 10.9 Å². The molecule has 0 bridgehead atoms. The minimum Gasteiger partial charge on any atom is -0.486 e. The Bertz CT molecular complexity index is 545. The van der Waals surface area contributed by atoms with Gasteiger partial charge >= 0.3 is 0 Å². The van der Waals surface area contributed by atoms with Crippen LogP contribution in [0.5, 0.6) is 11.5 Å². The van der Waals surface area contributed by atoms with Crippen LogP contribution in [0, 0.1) is 0 Å². The quantitative estimate of drug-likeness (QED) is 0.787. The van der Waals surface area contributed by atoms with Crippen molar-refractivity contribution in [2.45, 2.75) is 6.54 Å². The van der Waals surface area contributed by atoms with Crippen molar-refractivity contribution in [2.75, 3.05) is 13.2 Å². The molecule has 0 fully saturated rings. The Morgan fingerprint density at radius 2 is 1.94 bits per heavy atom. The summed E-state index contributed by atoms with van der Waals surface area (Å²) in [5.74, 6) is 1.64. The summed E-state index contributed by atoms with van der Waals surface area (Å²) in [6, 6.07) is 4.04. The lowest BCUT2D eigenvalue weighted by Crippen LogP contribution is -2.15. The van der Waals surface area contributed by atoms with Crippen molar-refractivity contribution < 1.29 is 9.47 Å². The van der Waals surface area contributed by atoms with E-state index < -0.39 is 0 Å². The molecule has 4 heteroatoms. The van der Waals surface area contributed by atoms with E-state index in [4.69, 9.17) is 15.2 Å². The number of aromatic nitrogens is 1. The molecular formula is C12H14N2O2. The van der Waals surface area contributed by atoms with Gasteiger partial charge in [-0.2, -0.15) is 0 Å². The summed E-state index contributed by atoms with van der Waals surface area (Å²) in [5.41, 5.74) is 7.98. The van der Waals surface area contributed by atoms with E-state index in [2.05, 4.69) is 10.8 Å². The van der Waals surface area contributed by atoms with Gasteiger partial charge in [0.05, 0.1) is 5.52 Å². The lowest BCUT2D eigenvalue weighted by molar-refractivity contribution is 0.172. The zero-order valence-electron chi connectivity index (χ0n) is 9.19. The van der Waals surface area contributed by atoms with Gasteiger partial charge in [-0.1, -0.05) is 0 Å². The fourth-order valence-corrected chi connectivity index (χ4v) is 2.16. The largest absolute Gasteiger partial charge is 0.486 e. The van der Waals surface area contributed by atoms with E-state index in [0.717, 1.165) is 28.0 Å². The topological polar surface area (TPSA) is 49.4 Å². The summed E-state index contributed by atoms with van der Waals surface area (Å²) in [4.78, 5) is 0. The van der Waals surface area contributed by atoms with Crippen molar-refractivity contribution in [1.29, 1.82) is 0 Å². The highest BCUT2D eigenvalue weighted by Gasteiger charge is 2.15. The SMILES string of the molecule is Cn1cc(CN)c2cc3c(cc21)OCCO3. The summed E-state index contributed by atoms with van der Waals surface area (Å²) >= 11 is 0. The molecule has 0 unspecified atom stereocenters. The van der Waals surface area contributed by atoms with Crippen LogP contribution >= 0.6 is 0 Å². The molecule has 0 atom stereocenters. The standard InChI is InChI=1S/C12H14N2O2/c1-14-7-8(6-13)9-4-11-12(5-10(9)14)16-3-2-15-11/h4-5,7H,2-3,6,13H2,1H3. The minimum atomic E-state index is 0.539. The first-order valence-electron chi connectivity index (χ1n) is 5.37. The number of aryl methyl sites for hydroxylation is 1. The van der Waals surface area contributed by atoms with Gasteiger partial charge in [-0.25, -0.2) is 0 Å². The van der Waals surface area contributed by atoms with Gasteiger partial charge in [0.15, 0.2) is 11.5 Å². The molecule has 0 saturated heterocycles. The van der Waals surface area contributed by atoms with Gasteiger partial charge < -0.3 is 19.8 Å². The maximum atomic E-state index is 5.72. The Kier molecular flexibility index (Phi) is 2.04. The van der Waals surface area contributed by atoms with Crippen molar-refractivity contribution in [1.82, 2.24) is 4.57 Å². The van der Waals surface area contributed by atoms with Crippen LogP contribution < -0.4 is 15.2 Å². The molecule has 2 heterocycles. The third-order valence-corrected chi connectivity index (χ3v) is 2.96. The van der Waals surface area contributed by atoms with Crippen LogP contribution in [-0.4, -0.2) is 17.8 Å². The number of rotatable bonds is 1. The molecule has 0 radical (unpaired) electrons. The highest BCUT2D eigenvalue weighted by Crippen LogP contribution is 2.36. The summed E-state index contributed by atoms with van der Waals surface area (Å²) in [7, 11) is 2.01. The molecule has 84 valence electrons. The molecule has 1 aromatic heterocycles. The van der Waals surface area contributed by atoms with Crippen molar-refractivity contribution in [3.05, 3.63) is 23.9 Å². The smallest absolute Gasteiger partial charge is 0.163 e. The maximum absolute atomic E-state index is 5.72.